The number of urea groups is 1. The van der Waals surface area contributed by atoms with Crippen molar-refractivity contribution in [1.29, 1.82) is 0 Å². The number of hydrogen-bond donors (Lipinski definition) is 3. The summed E-state index contributed by atoms with van der Waals surface area (Å²) >= 11 is 0. The summed E-state index contributed by atoms with van der Waals surface area (Å²) in [6.07, 6.45) is -0.0105. The van der Waals surface area contributed by atoms with Crippen LogP contribution >= 0.6 is 0 Å². The average Bonchev–Trinajstić information content (AvgIpc) is 2.60. The number of aliphatic carboxylic acids is 1. The standard InChI is InChI=1S/C19H21N3O4/c1-14-6-5-7-15(12-14)21-19(26)20-11-10-17(23)22(13-18(24)25)16-8-3-2-4-9-16/h2-9,12H,10-11,13H2,1H3,(H,24,25)(H2,20,21,26). The highest BCUT2D eigenvalue weighted by molar-refractivity contribution is 5.97. The molecule has 0 radical (unpaired) electrons. The van der Waals surface area contributed by atoms with Gasteiger partial charge in [0.25, 0.3) is 0 Å². The summed E-state index contributed by atoms with van der Waals surface area (Å²) in [5.74, 6) is -1.48. The molecule has 0 spiro atoms. The van der Waals surface area contributed by atoms with Crippen LogP contribution in [0.1, 0.15) is 12.0 Å². The summed E-state index contributed by atoms with van der Waals surface area (Å²) in [6.45, 7) is 1.58. The van der Waals surface area contributed by atoms with Crippen LogP contribution in [0.25, 0.3) is 0 Å². The van der Waals surface area contributed by atoms with Crippen LogP contribution in [0.2, 0.25) is 0 Å². The predicted octanol–water partition coefficient (Wildman–Crippen LogP) is 2.62. The molecule has 2 aromatic rings. The van der Waals surface area contributed by atoms with Crippen molar-refractivity contribution in [1.82, 2.24) is 5.32 Å². The zero-order valence-electron chi connectivity index (χ0n) is 14.4. The molecule has 0 aromatic heterocycles. The predicted molar refractivity (Wildman–Crippen MR) is 99.2 cm³/mol. The number of anilines is 2. The minimum Gasteiger partial charge on any atom is -0.480 e. The van der Waals surface area contributed by atoms with Crippen molar-refractivity contribution >= 4 is 29.3 Å². The Morgan fingerprint density at radius 2 is 1.77 bits per heavy atom. The van der Waals surface area contributed by atoms with Crippen molar-refractivity contribution in [2.45, 2.75) is 13.3 Å². The van der Waals surface area contributed by atoms with Gasteiger partial charge in [-0.1, -0.05) is 30.3 Å². The van der Waals surface area contributed by atoms with Crippen molar-refractivity contribution in [2.75, 3.05) is 23.3 Å². The van der Waals surface area contributed by atoms with Crippen LogP contribution in [-0.2, 0) is 9.59 Å². The van der Waals surface area contributed by atoms with Crippen molar-refractivity contribution in [3.63, 3.8) is 0 Å². The molecule has 136 valence electrons. The van der Waals surface area contributed by atoms with E-state index in [4.69, 9.17) is 5.11 Å². The first-order valence-electron chi connectivity index (χ1n) is 8.14. The smallest absolute Gasteiger partial charge is 0.323 e. The third-order valence-electron chi connectivity index (χ3n) is 3.56. The molecule has 7 heteroatoms. The molecule has 0 aliphatic rings. The van der Waals surface area contributed by atoms with Crippen molar-refractivity contribution in [2.24, 2.45) is 0 Å². The maximum atomic E-state index is 12.4. The number of carboxylic acids is 1. The van der Waals surface area contributed by atoms with Crippen LogP contribution in [-0.4, -0.2) is 36.1 Å². The Hall–Kier alpha value is -3.35. The highest BCUT2D eigenvalue weighted by Crippen LogP contribution is 2.14. The lowest BCUT2D eigenvalue weighted by Crippen LogP contribution is -2.38. The van der Waals surface area contributed by atoms with E-state index in [1.54, 1.807) is 36.4 Å². The van der Waals surface area contributed by atoms with E-state index in [9.17, 15) is 14.4 Å². The molecule has 0 saturated heterocycles. The maximum Gasteiger partial charge on any atom is 0.323 e. The topological polar surface area (TPSA) is 98.7 Å². The molecule has 2 rings (SSSR count). The second kappa shape index (κ2) is 9.22. The van der Waals surface area contributed by atoms with Crippen LogP contribution in [0.5, 0.6) is 0 Å². The van der Waals surface area contributed by atoms with E-state index in [1.807, 2.05) is 25.1 Å². The number of hydrogen-bond acceptors (Lipinski definition) is 3. The molecule has 2 aromatic carbocycles. The minimum absolute atomic E-state index is 0.0105. The number of carbonyl (C=O) groups is 3. The number of carbonyl (C=O) groups excluding carboxylic acids is 2. The molecule has 0 heterocycles. The van der Waals surface area contributed by atoms with Gasteiger partial charge in [-0.25, -0.2) is 4.79 Å². The molecule has 3 N–H and O–H groups in total. The zero-order chi connectivity index (χ0) is 18.9. The van der Waals surface area contributed by atoms with E-state index >= 15 is 0 Å². The molecule has 0 bridgehead atoms. The van der Waals surface area contributed by atoms with Gasteiger partial charge in [-0.3, -0.25) is 9.59 Å². The van der Waals surface area contributed by atoms with Crippen molar-refractivity contribution in [3.8, 4) is 0 Å². The Bertz CT molecular complexity index is 777. The zero-order valence-corrected chi connectivity index (χ0v) is 14.4. The molecule has 0 atom stereocenters. The van der Waals surface area contributed by atoms with Crippen LogP contribution in [0.3, 0.4) is 0 Å². The average molecular weight is 355 g/mol. The number of nitrogens with one attached hydrogen (secondary N) is 2. The molecular formula is C19H21N3O4. The van der Waals surface area contributed by atoms with Gasteiger partial charge in [-0.2, -0.15) is 0 Å². The highest BCUT2D eigenvalue weighted by atomic mass is 16.4. The normalized spacial score (nSPS) is 10.0. The van der Waals surface area contributed by atoms with Crippen molar-refractivity contribution in [3.05, 3.63) is 60.2 Å². The summed E-state index contributed by atoms with van der Waals surface area (Å²) in [7, 11) is 0. The molecule has 0 aliphatic heterocycles. The van der Waals surface area contributed by atoms with E-state index in [1.165, 1.54) is 4.90 Å². The Morgan fingerprint density at radius 1 is 1.04 bits per heavy atom. The number of carboxylic acid groups (broad SMARTS) is 1. The van der Waals surface area contributed by atoms with Gasteiger partial charge < -0.3 is 20.6 Å². The molecule has 0 fully saturated rings. The number of benzene rings is 2. The third kappa shape index (κ3) is 5.94. The number of para-hydroxylation sites is 1. The van der Waals surface area contributed by atoms with Gasteiger partial charge in [0, 0.05) is 24.3 Å². The van der Waals surface area contributed by atoms with Gasteiger partial charge in [0.15, 0.2) is 0 Å². The van der Waals surface area contributed by atoms with Gasteiger partial charge in [-0.15, -0.1) is 0 Å². The third-order valence-corrected chi connectivity index (χ3v) is 3.56. The summed E-state index contributed by atoms with van der Waals surface area (Å²) < 4.78 is 0. The molecule has 7 nitrogen and oxygen atoms in total. The number of rotatable bonds is 7. The first-order valence-corrected chi connectivity index (χ1v) is 8.14. The van der Waals surface area contributed by atoms with Gasteiger partial charge >= 0.3 is 12.0 Å². The second-order valence-corrected chi connectivity index (χ2v) is 5.71. The largest absolute Gasteiger partial charge is 0.480 e. The highest BCUT2D eigenvalue weighted by Gasteiger charge is 2.18. The summed E-state index contributed by atoms with van der Waals surface area (Å²) in [6, 6.07) is 15.5. The van der Waals surface area contributed by atoms with E-state index in [0.29, 0.717) is 11.4 Å². The van der Waals surface area contributed by atoms with E-state index in [0.717, 1.165) is 5.56 Å². The fraction of sp³-hybridized carbons (Fsp3) is 0.211. The molecule has 0 aliphatic carbocycles. The first-order chi connectivity index (χ1) is 12.5. The van der Waals surface area contributed by atoms with Gasteiger partial charge in [0.1, 0.15) is 6.54 Å². The van der Waals surface area contributed by atoms with Crippen LogP contribution in [0.15, 0.2) is 54.6 Å². The quantitative estimate of drug-likeness (QED) is 0.711. The lowest BCUT2D eigenvalue weighted by Gasteiger charge is -2.21. The van der Waals surface area contributed by atoms with Gasteiger partial charge in [0.2, 0.25) is 5.91 Å². The van der Waals surface area contributed by atoms with Crippen LogP contribution < -0.4 is 15.5 Å². The summed E-state index contributed by atoms with van der Waals surface area (Å²) in [5, 5.41) is 14.3. The molecule has 0 unspecified atom stereocenters. The minimum atomic E-state index is -1.10. The number of amides is 3. The van der Waals surface area contributed by atoms with E-state index in [2.05, 4.69) is 10.6 Å². The van der Waals surface area contributed by atoms with E-state index in [-0.39, 0.29) is 18.9 Å². The Labute approximate surface area is 151 Å². The Kier molecular flexibility index (Phi) is 6.73. The van der Waals surface area contributed by atoms with Gasteiger partial charge in [-0.05, 0) is 36.8 Å². The summed E-state index contributed by atoms with van der Waals surface area (Å²) in [5.41, 5.74) is 2.18. The maximum absolute atomic E-state index is 12.4. The van der Waals surface area contributed by atoms with Crippen LogP contribution in [0, 0.1) is 6.92 Å². The lowest BCUT2D eigenvalue weighted by molar-refractivity contribution is -0.136. The number of nitrogens with zero attached hydrogens (tertiary/aromatic N) is 1. The van der Waals surface area contributed by atoms with Crippen molar-refractivity contribution < 1.29 is 19.5 Å². The van der Waals surface area contributed by atoms with E-state index < -0.39 is 18.5 Å². The Balaban J connectivity index is 1.87. The molecule has 0 saturated carbocycles. The molecular weight excluding hydrogens is 334 g/mol. The van der Waals surface area contributed by atoms with Crippen LogP contribution in [0.4, 0.5) is 16.2 Å². The van der Waals surface area contributed by atoms with Gasteiger partial charge in [0.05, 0.1) is 0 Å². The monoisotopic (exact) mass is 355 g/mol. The lowest BCUT2D eigenvalue weighted by atomic mass is 10.2. The fourth-order valence-electron chi connectivity index (χ4n) is 2.38. The first kappa shape index (κ1) is 19.0. The summed E-state index contributed by atoms with van der Waals surface area (Å²) in [4.78, 5) is 36.4. The SMILES string of the molecule is Cc1cccc(NC(=O)NCCC(=O)N(CC(=O)O)c2ccccc2)c1. The molecule has 26 heavy (non-hydrogen) atoms. The number of aryl methyl sites for hydroxylation is 1. The molecule has 3 amide bonds. The Morgan fingerprint density at radius 3 is 2.42 bits per heavy atom. The second-order valence-electron chi connectivity index (χ2n) is 5.71. The fourth-order valence-corrected chi connectivity index (χ4v) is 2.38.